The topological polar surface area (TPSA) is 80.7 Å². The first-order chi connectivity index (χ1) is 11.3. The number of benzene rings is 1. The van der Waals surface area contributed by atoms with E-state index in [1.807, 2.05) is 6.07 Å². The van der Waals surface area contributed by atoms with Crippen molar-refractivity contribution in [2.75, 3.05) is 0 Å². The Hall–Kier alpha value is -0.660. The molecule has 3 aliphatic carbocycles. The van der Waals surface area contributed by atoms with Crippen LogP contribution in [0.4, 0.5) is 0 Å². The van der Waals surface area contributed by atoms with Crippen LogP contribution < -0.4 is 4.18 Å². The molecule has 1 aromatic rings. The van der Waals surface area contributed by atoms with Gasteiger partial charge in [-0.1, -0.05) is 24.6 Å². The normalized spacial score (nSPS) is 30.5. The van der Waals surface area contributed by atoms with E-state index in [0.717, 1.165) is 24.8 Å². The summed E-state index contributed by atoms with van der Waals surface area (Å²) < 4.78 is 35.1. The second kappa shape index (κ2) is 6.50. The second-order valence-corrected chi connectivity index (χ2v) is 8.33. The van der Waals surface area contributed by atoms with Gasteiger partial charge in [0.2, 0.25) is 0 Å². The van der Waals surface area contributed by atoms with E-state index in [-0.39, 0.29) is 40.7 Å². The third kappa shape index (κ3) is 3.23. The van der Waals surface area contributed by atoms with Gasteiger partial charge in [0.15, 0.2) is 0 Å². The Balaban J connectivity index is 0.00000182. The van der Waals surface area contributed by atoms with Crippen molar-refractivity contribution in [1.82, 2.24) is 0 Å². The molecule has 1 radical (unpaired) electrons. The Bertz CT molecular complexity index is 860. The van der Waals surface area contributed by atoms with E-state index in [0.29, 0.717) is 30.5 Å². The first-order valence-corrected chi connectivity index (χ1v) is 9.67. The predicted octanol–water partition coefficient (Wildman–Crippen LogP) is 2.83. The smallest absolute Gasteiger partial charge is 0.362 e. The van der Waals surface area contributed by atoms with Crippen molar-refractivity contribution in [2.24, 2.45) is 11.3 Å². The van der Waals surface area contributed by atoms with Gasteiger partial charge >= 0.3 is 10.4 Å². The van der Waals surface area contributed by atoms with Gasteiger partial charge in [-0.3, -0.25) is 9.35 Å². The second-order valence-electron chi connectivity index (χ2n) is 7.30. The Morgan fingerprint density at radius 1 is 1.28 bits per heavy atom. The van der Waals surface area contributed by atoms with Gasteiger partial charge < -0.3 is 4.18 Å². The number of carbonyl (C=O) groups is 1. The monoisotopic (exact) mass is 371 g/mol. The van der Waals surface area contributed by atoms with Crippen LogP contribution in [-0.4, -0.2) is 48.3 Å². The summed E-state index contributed by atoms with van der Waals surface area (Å²) in [5.74, 6) is 1.17. The number of carbonyl (C=O) groups excluding carboxylic acids is 1. The molecule has 3 atom stereocenters. The zero-order chi connectivity index (χ0) is 17.1. The summed E-state index contributed by atoms with van der Waals surface area (Å²) >= 11 is 0. The number of Topliss-reactive ketones (excluding diaryl/α,β-unsaturated/α-hetero) is 1. The summed E-state index contributed by atoms with van der Waals surface area (Å²) in [6, 6.07) is 5.17. The summed E-state index contributed by atoms with van der Waals surface area (Å²) in [5.41, 5.74) is 3.40. The fourth-order valence-corrected chi connectivity index (χ4v) is 5.24. The molecule has 0 heterocycles. The average Bonchev–Trinajstić information content (AvgIpc) is 2.81. The molecule has 0 spiro atoms. The fraction of sp³-hybridized carbons (Fsp3) is 0.500. The van der Waals surface area contributed by atoms with Crippen LogP contribution in [0.1, 0.15) is 49.7 Å². The Labute approximate surface area is 170 Å². The molecule has 0 bridgehead atoms. The van der Waals surface area contributed by atoms with Gasteiger partial charge in [0.25, 0.3) is 0 Å². The van der Waals surface area contributed by atoms with E-state index >= 15 is 0 Å². The molecule has 5 nitrogen and oxygen atoms in total. The third-order valence-electron chi connectivity index (χ3n) is 6.07. The van der Waals surface area contributed by atoms with Gasteiger partial charge in [0.05, 0.1) is 0 Å². The molecule has 0 saturated heterocycles. The average molecular weight is 371 g/mol. The van der Waals surface area contributed by atoms with Gasteiger partial charge in [0.1, 0.15) is 11.5 Å². The minimum absolute atomic E-state index is 0. The SMILES string of the molecule is C[C@]12CC[C@H]3C(=CCc4cc(OS(=O)(=O)O)ccc43)[C@@H]1CCC2=O.[Na]. The van der Waals surface area contributed by atoms with Crippen LogP contribution in [0.3, 0.4) is 0 Å². The van der Waals surface area contributed by atoms with Gasteiger partial charge in [0, 0.05) is 47.3 Å². The molecule has 3 aliphatic rings. The number of hydrogen-bond acceptors (Lipinski definition) is 4. The molecule has 0 aromatic heterocycles. The molecule has 4 rings (SSSR count). The molecule has 1 N–H and O–H groups in total. The van der Waals surface area contributed by atoms with Gasteiger partial charge in [-0.2, -0.15) is 8.42 Å². The van der Waals surface area contributed by atoms with Crippen LogP contribution in [0.15, 0.2) is 29.8 Å². The molecular weight excluding hydrogens is 351 g/mol. The molecule has 0 aliphatic heterocycles. The first-order valence-electron chi connectivity index (χ1n) is 8.31. The van der Waals surface area contributed by atoms with Crippen LogP contribution >= 0.6 is 0 Å². The molecule has 1 aromatic carbocycles. The maximum absolute atomic E-state index is 12.3. The molecule has 0 amide bonds. The molecule has 129 valence electrons. The van der Waals surface area contributed by atoms with E-state index < -0.39 is 10.4 Å². The van der Waals surface area contributed by atoms with E-state index in [2.05, 4.69) is 17.2 Å². The number of hydrogen-bond donors (Lipinski definition) is 1. The number of rotatable bonds is 2. The van der Waals surface area contributed by atoms with E-state index in [4.69, 9.17) is 4.55 Å². The van der Waals surface area contributed by atoms with E-state index in [1.165, 1.54) is 11.1 Å². The molecule has 2 fully saturated rings. The van der Waals surface area contributed by atoms with Gasteiger partial charge in [-0.15, -0.1) is 0 Å². The third-order valence-corrected chi connectivity index (χ3v) is 6.48. The van der Waals surface area contributed by atoms with Crippen molar-refractivity contribution in [2.45, 2.75) is 44.9 Å². The van der Waals surface area contributed by atoms with Crippen molar-refractivity contribution >= 4 is 45.7 Å². The Morgan fingerprint density at radius 3 is 2.76 bits per heavy atom. The largest absolute Gasteiger partial charge is 0.446 e. The Morgan fingerprint density at radius 2 is 2.04 bits per heavy atom. The van der Waals surface area contributed by atoms with Crippen molar-refractivity contribution in [3.8, 4) is 5.75 Å². The van der Waals surface area contributed by atoms with Crippen molar-refractivity contribution in [3.05, 3.63) is 41.0 Å². The predicted molar refractivity (Wildman–Crippen MR) is 94.0 cm³/mol. The number of allylic oxidation sites excluding steroid dienone is 2. The molecular formula is C18H20NaO5S. The number of ketones is 1. The minimum Gasteiger partial charge on any atom is -0.362 e. The molecule has 2 saturated carbocycles. The van der Waals surface area contributed by atoms with Crippen LogP contribution in [0.25, 0.3) is 0 Å². The Kier molecular flexibility index (Phi) is 4.97. The van der Waals surface area contributed by atoms with Gasteiger partial charge in [-0.25, -0.2) is 0 Å². The van der Waals surface area contributed by atoms with Gasteiger partial charge in [-0.05, 0) is 54.9 Å². The minimum atomic E-state index is -4.51. The first kappa shape index (κ1) is 19.1. The van der Waals surface area contributed by atoms with E-state index in [9.17, 15) is 13.2 Å². The zero-order valence-corrected chi connectivity index (χ0v) is 17.3. The van der Waals surface area contributed by atoms with Crippen LogP contribution in [0, 0.1) is 11.3 Å². The van der Waals surface area contributed by atoms with Crippen molar-refractivity contribution < 1.29 is 21.9 Å². The quantitative estimate of drug-likeness (QED) is 0.491. The fourth-order valence-electron chi connectivity index (χ4n) is 4.90. The molecule has 0 unspecified atom stereocenters. The zero-order valence-electron chi connectivity index (χ0n) is 14.5. The summed E-state index contributed by atoms with van der Waals surface area (Å²) in [4.78, 5) is 12.3. The van der Waals surface area contributed by atoms with Crippen molar-refractivity contribution in [1.29, 1.82) is 0 Å². The number of fused-ring (bicyclic) bond motifs is 5. The molecule has 7 heteroatoms. The maximum Gasteiger partial charge on any atom is 0.446 e. The molecule has 25 heavy (non-hydrogen) atoms. The summed E-state index contributed by atoms with van der Waals surface area (Å²) in [7, 11) is -4.51. The van der Waals surface area contributed by atoms with Crippen molar-refractivity contribution in [3.63, 3.8) is 0 Å². The summed E-state index contributed by atoms with van der Waals surface area (Å²) in [6.45, 7) is 2.11. The van der Waals surface area contributed by atoms with Crippen LogP contribution in [0.5, 0.6) is 5.75 Å². The maximum atomic E-state index is 12.3. The summed E-state index contributed by atoms with van der Waals surface area (Å²) in [5, 5.41) is 0. The van der Waals surface area contributed by atoms with E-state index in [1.54, 1.807) is 12.1 Å². The van der Waals surface area contributed by atoms with Crippen LogP contribution in [-0.2, 0) is 21.6 Å². The van der Waals surface area contributed by atoms with Crippen LogP contribution in [0.2, 0.25) is 0 Å². The summed E-state index contributed by atoms with van der Waals surface area (Å²) in [6.07, 6.45) is 6.38. The standard InChI is InChI=1S/C18H20O5S.Na/c1-18-9-8-14-13-5-3-12(23-24(20,21)22)10-11(13)2-4-15(14)16(18)6-7-17(18)19;/h3-5,10,14,16H,2,6-9H2,1H3,(H,20,21,22);/t14-,16+,18+;/m1./s1.